The Bertz CT molecular complexity index is 1080. The number of pyridine rings is 1. The molecule has 0 unspecified atom stereocenters. The number of hydrogen-bond donors (Lipinski definition) is 2. The van der Waals surface area contributed by atoms with Gasteiger partial charge < -0.3 is 24.1 Å². The van der Waals surface area contributed by atoms with Crippen LogP contribution in [-0.2, 0) is 19.4 Å². The SMILES string of the molecule is COc1ccc(NC(=O)c2c(O)c3c(n(Cc4ccco4)c2=O)CCCC3)cc1. The highest BCUT2D eigenvalue weighted by atomic mass is 16.5. The van der Waals surface area contributed by atoms with Gasteiger partial charge in [-0.3, -0.25) is 9.59 Å². The van der Waals surface area contributed by atoms with Gasteiger partial charge in [0.15, 0.2) is 0 Å². The maximum Gasteiger partial charge on any atom is 0.267 e. The van der Waals surface area contributed by atoms with E-state index in [9.17, 15) is 14.7 Å². The summed E-state index contributed by atoms with van der Waals surface area (Å²) in [4.78, 5) is 26.1. The molecule has 4 rings (SSSR count). The molecule has 0 bridgehead atoms. The Balaban J connectivity index is 1.75. The van der Waals surface area contributed by atoms with Crippen LogP contribution < -0.4 is 15.6 Å². The third-order valence-electron chi connectivity index (χ3n) is 5.22. The molecule has 1 aromatic carbocycles. The van der Waals surface area contributed by atoms with E-state index in [1.807, 2.05) is 0 Å². The van der Waals surface area contributed by atoms with Crippen molar-refractivity contribution < 1.29 is 19.1 Å². The number of carbonyl (C=O) groups is 1. The molecule has 2 heterocycles. The Labute approximate surface area is 167 Å². The number of nitrogens with zero attached hydrogens (tertiary/aromatic N) is 1. The molecule has 7 nitrogen and oxygen atoms in total. The van der Waals surface area contributed by atoms with Crippen LogP contribution in [0.15, 0.2) is 51.9 Å². The van der Waals surface area contributed by atoms with Crippen molar-refractivity contribution in [2.24, 2.45) is 0 Å². The van der Waals surface area contributed by atoms with E-state index >= 15 is 0 Å². The maximum absolute atomic E-state index is 13.2. The molecule has 0 fully saturated rings. The van der Waals surface area contributed by atoms with Crippen LogP contribution in [0, 0.1) is 0 Å². The van der Waals surface area contributed by atoms with Gasteiger partial charge in [0, 0.05) is 16.9 Å². The monoisotopic (exact) mass is 394 g/mol. The number of aromatic hydroxyl groups is 1. The highest BCUT2D eigenvalue weighted by Gasteiger charge is 2.27. The van der Waals surface area contributed by atoms with Crippen LogP contribution in [0.25, 0.3) is 0 Å². The molecular formula is C22H22N2O5. The summed E-state index contributed by atoms with van der Waals surface area (Å²) in [6, 6.07) is 10.3. The summed E-state index contributed by atoms with van der Waals surface area (Å²) in [5, 5.41) is 13.5. The topological polar surface area (TPSA) is 93.7 Å². The molecule has 1 amide bonds. The van der Waals surface area contributed by atoms with E-state index in [2.05, 4.69) is 5.32 Å². The number of rotatable bonds is 5. The number of methoxy groups -OCH3 is 1. The fraction of sp³-hybridized carbons (Fsp3) is 0.273. The van der Waals surface area contributed by atoms with Crippen molar-refractivity contribution in [3.05, 3.63) is 75.6 Å². The van der Waals surface area contributed by atoms with Crippen LogP contribution >= 0.6 is 0 Å². The van der Waals surface area contributed by atoms with Crippen molar-refractivity contribution in [3.8, 4) is 11.5 Å². The van der Waals surface area contributed by atoms with Gasteiger partial charge in [-0.15, -0.1) is 0 Å². The molecule has 2 N–H and O–H groups in total. The summed E-state index contributed by atoms with van der Waals surface area (Å²) < 4.78 is 12.1. The van der Waals surface area contributed by atoms with Gasteiger partial charge in [0.2, 0.25) is 0 Å². The summed E-state index contributed by atoms with van der Waals surface area (Å²) in [6.45, 7) is 0.220. The average molecular weight is 394 g/mol. The third kappa shape index (κ3) is 3.63. The van der Waals surface area contributed by atoms with Crippen molar-refractivity contribution in [1.29, 1.82) is 0 Å². The van der Waals surface area contributed by atoms with Crippen molar-refractivity contribution in [2.75, 3.05) is 12.4 Å². The third-order valence-corrected chi connectivity index (χ3v) is 5.22. The maximum atomic E-state index is 13.2. The molecular weight excluding hydrogens is 372 g/mol. The van der Waals surface area contributed by atoms with Crippen LogP contribution in [0.5, 0.6) is 11.5 Å². The zero-order chi connectivity index (χ0) is 20.4. The number of furan rings is 1. The standard InChI is InChI=1S/C22H22N2O5/c1-28-15-10-8-14(9-11-15)23-21(26)19-20(25)17-6-2-3-7-18(17)24(22(19)27)13-16-5-4-12-29-16/h4-5,8-12,25H,2-3,6-7,13H2,1H3,(H,23,26). The molecule has 29 heavy (non-hydrogen) atoms. The first-order valence-corrected chi connectivity index (χ1v) is 9.53. The van der Waals surface area contributed by atoms with Crippen molar-refractivity contribution in [1.82, 2.24) is 4.57 Å². The number of anilines is 1. The molecule has 2 aromatic heterocycles. The molecule has 1 aliphatic rings. The number of fused-ring (bicyclic) bond motifs is 1. The second-order valence-electron chi connectivity index (χ2n) is 7.01. The smallest absolute Gasteiger partial charge is 0.267 e. The first-order chi connectivity index (χ1) is 14.1. The van der Waals surface area contributed by atoms with Gasteiger partial charge in [0.1, 0.15) is 22.8 Å². The van der Waals surface area contributed by atoms with Gasteiger partial charge in [-0.05, 0) is 62.1 Å². The minimum Gasteiger partial charge on any atom is -0.507 e. The molecule has 0 radical (unpaired) electrons. The number of nitrogens with one attached hydrogen (secondary N) is 1. The van der Waals surface area contributed by atoms with E-state index in [4.69, 9.17) is 9.15 Å². The zero-order valence-corrected chi connectivity index (χ0v) is 16.1. The van der Waals surface area contributed by atoms with Gasteiger partial charge >= 0.3 is 0 Å². The first kappa shape index (κ1) is 18.9. The predicted molar refractivity (Wildman–Crippen MR) is 108 cm³/mol. The molecule has 0 spiro atoms. The second-order valence-corrected chi connectivity index (χ2v) is 7.01. The molecule has 0 aliphatic heterocycles. The normalized spacial score (nSPS) is 13.0. The first-order valence-electron chi connectivity index (χ1n) is 9.53. The quantitative estimate of drug-likeness (QED) is 0.692. The van der Waals surface area contributed by atoms with Crippen molar-refractivity contribution in [2.45, 2.75) is 32.2 Å². The van der Waals surface area contributed by atoms with E-state index in [1.165, 1.54) is 0 Å². The van der Waals surface area contributed by atoms with E-state index in [-0.39, 0.29) is 17.9 Å². The lowest BCUT2D eigenvalue weighted by Gasteiger charge is -2.23. The zero-order valence-electron chi connectivity index (χ0n) is 16.1. The van der Waals surface area contributed by atoms with Gasteiger partial charge in [0.05, 0.1) is 19.9 Å². The lowest BCUT2D eigenvalue weighted by Crippen LogP contribution is -2.34. The lowest BCUT2D eigenvalue weighted by molar-refractivity contribution is 0.102. The van der Waals surface area contributed by atoms with Crippen LogP contribution in [0.2, 0.25) is 0 Å². The highest BCUT2D eigenvalue weighted by Crippen LogP contribution is 2.31. The largest absolute Gasteiger partial charge is 0.507 e. The van der Waals surface area contributed by atoms with Gasteiger partial charge in [-0.25, -0.2) is 0 Å². The Kier molecular flexibility index (Phi) is 5.12. The molecule has 3 aromatic rings. The van der Waals surface area contributed by atoms with Crippen LogP contribution in [-0.4, -0.2) is 22.7 Å². The van der Waals surface area contributed by atoms with E-state index in [0.717, 1.165) is 18.5 Å². The van der Waals surface area contributed by atoms with Gasteiger partial charge in [0.25, 0.3) is 11.5 Å². The van der Waals surface area contributed by atoms with E-state index in [1.54, 1.807) is 54.3 Å². The lowest BCUT2D eigenvalue weighted by atomic mass is 9.93. The Morgan fingerprint density at radius 1 is 1.21 bits per heavy atom. The molecule has 0 saturated carbocycles. The molecule has 0 saturated heterocycles. The van der Waals surface area contributed by atoms with Crippen molar-refractivity contribution >= 4 is 11.6 Å². The highest BCUT2D eigenvalue weighted by molar-refractivity contribution is 6.06. The Hall–Kier alpha value is -3.48. The average Bonchev–Trinajstić information content (AvgIpc) is 3.25. The number of amides is 1. The van der Waals surface area contributed by atoms with E-state index < -0.39 is 11.5 Å². The second kappa shape index (κ2) is 7.87. The molecule has 1 aliphatic carbocycles. The number of ether oxygens (including phenoxy) is 1. The van der Waals surface area contributed by atoms with Crippen LogP contribution in [0.3, 0.4) is 0 Å². The van der Waals surface area contributed by atoms with Gasteiger partial charge in [-0.1, -0.05) is 0 Å². The predicted octanol–water partition coefficient (Wildman–Crippen LogP) is 3.33. The number of carbonyl (C=O) groups excluding carboxylic acids is 1. The molecule has 7 heteroatoms. The fourth-order valence-corrected chi connectivity index (χ4v) is 3.75. The molecule has 150 valence electrons. The Morgan fingerprint density at radius 2 is 1.97 bits per heavy atom. The van der Waals surface area contributed by atoms with Crippen LogP contribution in [0.1, 0.15) is 40.2 Å². The minimum absolute atomic E-state index is 0.216. The summed E-state index contributed by atoms with van der Waals surface area (Å²) in [5.74, 6) is 0.415. The van der Waals surface area contributed by atoms with Crippen LogP contribution in [0.4, 0.5) is 5.69 Å². The minimum atomic E-state index is -0.640. The fourth-order valence-electron chi connectivity index (χ4n) is 3.75. The summed E-state index contributed by atoms with van der Waals surface area (Å²) >= 11 is 0. The number of hydrogen-bond acceptors (Lipinski definition) is 5. The van der Waals surface area contributed by atoms with E-state index in [0.29, 0.717) is 35.6 Å². The number of aromatic nitrogens is 1. The Morgan fingerprint density at radius 3 is 2.66 bits per heavy atom. The summed E-state index contributed by atoms with van der Waals surface area (Å²) in [6.07, 6.45) is 4.69. The summed E-state index contributed by atoms with van der Waals surface area (Å²) in [7, 11) is 1.56. The number of benzene rings is 1. The molecule has 0 atom stereocenters. The van der Waals surface area contributed by atoms with Crippen molar-refractivity contribution in [3.63, 3.8) is 0 Å². The van der Waals surface area contributed by atoms with Gasteiger partial charge in [-0.2, -0.15) is 0 Å². The summed E-state index contributed by atoms with van der Waals surface area (Å²) in [5.41, 5.74) is 1.18.